The van der Waals surface area contributed by atoms with Crippen LogP contribution in [-0.2, 0) is 24.3 Å². The third-order valence-corrected chi connectivity index (χ3v) is 9.84. The van der Waals surface area contributed by atoms with Crippen molar-refractivity contribution in [3.8, 4) is 0 Å². The number of rotatable bonds is 12. The van der Waals surface area contributed by atoms with Gasteiger partial charge >= 0.3 is 12.1 Å². The van der Waals surface area contributed by atoms with Crippen molar-refractivity contribution in [3.05, 3.63) is 35.2 Å². The first-order valence-corrected chi connectivity index (χ1v) is 17.5. The van der Waals surface area contributed by atoms with Gasteiger partial charge in [0.1, 0.15) is 22.0 Å². The Labute approximate surface area is 274 Å². The minimum Gasteiger partial charge on any atom is -0.455 e. The molecule has 0 spiro atoms. The number of thiazole rings is 1. The number of benzene rings is 1. The van der Waals surface area contributed by atoms with E-state index >= 15 is 4.39 Å². The molecule has 13 nitrogen and oxygen atoms in total. The van der Waals surface area contributed by atoms with Gasteiger partial charge < -0.3 is 30.7 Å². The smallest absolute Gasteiger partial charge is 0.407 e. The number of carbonyl (C=O) groups is 3. The summed E-state index contributed by atoms with van der Waals surface area (Å²) in [6.45, 7) is 14.0. The second-order valence-corrected chi connectivity index (χ2v) is 17.0. The summed E-state index contributed by atoms with van der Waals surface area (Å²) >= 11 is 6.06. The Bertz CT molecular complexity index is 1490. The molecule has 45 heavy (non-hydrogen) atoms. The van der Waals surface area contributed by atoms with Gasteiger partial charge in [-0.25, -0.2) is 31.5 Å². The number of anilines is 2. The fourth-order valence-corrected chi connectivity index (χ4v) is 7.98. The maximum absolute atomic E-state index is 15.1. The van der Waals surface area contributed by atoms with Crippen LogP contribution in [0, 0.1) is 5.82 Å². The summed E-state index contributed by atoms with van der Waals surface area (Å²) in [6.07, 6.45) is -0.578. The highest BCUT2D eigenvalue weighted by molar-refractivity contribution is 7.98. The summed E-state index contributed by atoms with van der Waals surface area (Å²) in [5.74, 6) is -2.41. The van der Waals surface area contributed by atoms with Crippen molar-refractivity contribution < 1.29 is 36.7 Å². The lowest BCUT2D eigenvalue weighted by molar-refractivity contribution is -0.115. The maximum atomic E-state index is 15.1. The van der Waals surface area contributed by atoms with E-state index in [4.69, 9.17) is 21.7 Å². The molecule has 18 heteroatoms. The van der Waals surface area contributed by atoms with Crippen LogP contribution >= 0.6 is 32.3 Å². The van der Waals surface area contributed by atoms with Crippen LogP contribution in [0.2, 0.25) is 0 Å². The summed E-state index contributed by atoms with van der Waals surface area (Å²) in [4.78, 5) is 40.5. The lowest BCUT2D eigenvalue weighted by Crippen LogP contribution is -2.43. The lowest BCUT2D eigenvalue weighted by atomic mass is 10.2. The third kappa shape index (κ3) is 12.6. The average molecular weight is 707 g/mol. The molecule has 2 rings (SSSR count). The van der Waals surface area contributed by atoms with Crippen LogP contribution < -0.4 is 25.3 Å². The lowest BCUT2D eigenvalue weighted by Gasteiger charge is -2.26. The zero-order chi connectivity index (χ0) is 34.2. The first-order valence-electron chi connectivity index (χ1n) is 13.8. The molecular formula is C27H40FN6O7PS3. The zero-order valence-corrected chi connectivity index (χ0v) is 29.8. The van der Waals surface area contributed by atoms with Crippen molar-refractivity contribution in [1.29, 1.82) is 0 Å². The highest BCUT2D eigenvalue weighted by atomic mass is 32.2. The first kappa shape index (κ1) is 38.0. The average Bonchev–Trinajstić information content (AvgIpc) is 3.37. The van der Waals surface area contributed by atoms with E-state index in [0.29, 0.717) is 0 Å². The zero-order valence-electron chi connectivity index (χ0n) is 26.4. The van der Waals surface area contributed by atoms with Crippen molar-refractivity contribution in [2.75, 3.05) is 29.0 Å². The molecule has 250 valence electrons. The monoisotopic (exact) mass is 706 g/mol. The molecule has 0 aliphatic carbocycles. The fraction of sp³-hybridized carbons (Fsp3) is 0.519. The molecule has 1 unspecified atom stereocenters. The molecule has 1 atom stereocenters. The van der Waals surface area contributed by atoms with Crippen molar-refractivity contribution in [1.82, 2.24) is 20.9 Å². The second-order valence-electron chi connectivity index (χ2n) is 11.8. The van der Waals surface area contributed by atoms with E-state index in [0.717, 1.165) is 33.6 Å². The van der Waals surface area contributed by atoms with Gasteiger partial charge in [0.05, 0.1) is 22.6 Å². The van der Waals surface area contributed by atoms with Crippen LogP contribution in [0.5, 0.6) is 0 Å². The number of sulfonamides is 1. The molecule has 0 aliphatic rings. The van der Waals surface area contributed by atoms with Crippen molar-refractivity contribution in [2.24, 2.45) is 0 Å². The van der Waals surface area contributed by atoms with Crippen molar-refractivity contribution in [2.45, 2.75) is 77.1 Å². The van der Waals surface area contributed by atoms with Gasteiger partial charge in [0, 0.05) is 13.1 Å². The van der Waals surface area contributed by atoms with Crippen molar-refractivity contribution in [3.63, 3.8) is 0 Å². The van der Waals surface area contributed by atoms with E-state index in [9.17, 15) is 22.8 Å². The molecule has 2 aromatic rings. The predicted molar refractivity (Wildman–Crippen MR) is 178 cm³/mol. The van der Waals surface area contributed by atoms with E-state index in [1.807, 2.05) is 13.8 Å². The largest absolute Gasteiger partial charge is 0.455 e. The van der Waals surface area contributed by atoms with E-state index in [2.05, 4.69) is 26.3 Å². The van der Waals surface area contributed by atoms with E-state index in [-0.39, 0.29) is 60.4 Å². The first-order chi connectivity index (χ1) is 20.7. The predicted octanol–water partition coefficient (Wildman–Crippen LogP) is 4.36. The molecule has 0 saturated carbocycles. The maximum Gasteiger partial charge on any atom is 0.407 e. The molecular weight excluding hydrogens is 667 g/mol. The van der Waals surface area contributed by atoms with Gasteiger partial charge in [0.15, 0.2) is 10.8 Å². The number of aromatic nitrogens is 1. The number of thiocarbonyl (C=S) groups is 1. The summed E-state index contributed by atoms with van der Waals surface area (Å²) in [7, 11) is -4.68. The van der Waals surface area contributed by atoms with Gasteiger partial charge in [-0.1, -0.05) is 13.8 Å². The Hall–Kier alpha value is -3.14. The van der Waals surface area contributed by atoms with E-state index in [1.54, 1.807) is 41.5 Å². The molecule has 0 bridgehead atoms. The summed E-state index contributed by atoms with van der Waals surface area (Å²) in [5.41, 5.74) is -0.646. The number of hydrogen-bond donors (Lipinski definition) is 4. The number of amides is 2. The summed E-state index contributed by atoms with van der Waals surface area (Å²) in [6, 6.07) is 3.10. The molecule has 0 saturated heterocycles. The van der Waals surface area contributed by atoms with E-state index < -0.39 is 45.0 Å². The number of halogens is 1. The van der Waals surface area contributed by atoms with Crippen LogP contribution in [-0.4, -0.2) is 73.0 Å². The van der Waals surface area contributed by atoms with Crippen molar-refractivity contribution >= 4 is 76.1 Å². The van der Waals surface area contributed by atoms with Crippen LogP contribution in [0.15, 0.2) is 28.6 Å². The Morgan fingerprint density at radius 3 is 2.24 bits per heavy atom. The van der Waals surface area contributed by atoms with Gasteiger partial charge in [-0.2, -0.15) is 0 Å². The van der Waals surface area contributed by atoms with Gasteiger partial charge in [-0.05, 0) is 86.3 Å². The topological polar surface area (TPSA) is 168 Å². The number of alkyl carbamates (subject to hydrolysis) is 1. The van der Waals surface area contributed by atoms with Crippen LogP contribution in [0.25, 0.3) is 0 Å². The quantitative estimate of drug-likeness (QED) is 0.107. The summed E-state index contributed by atoms with van der Waals surface area (Å²) in [5, 5.41) is 10.6. The molecule has 0 radical (unpaired) electrons. The summed E-state index contributed by atoms with van der Waals surface area (Å²) < 4.78 is 54.1. The molecule has 4 N–H and O–H groups in total. The highest BCUT2D eigenvalue weighted by Crippen LogP contribution is 2.42. The van der Waals surface area contributed by atoms with Crippen LogP contribution in [0.3, 0.4) is 0 Å². The van der Waals surface area contributed by atoms with E-state index in [1.165, 1.54) is 5.51 Å². The number of carbonyl (C=O) groups excluding carboxylic acids is 3. The molecule has 2 amide bonds. The van der Waals surface area contributed by atoms with Gasteiger partial charge in [-0.15, -0.1) is 11.3 Å². The molecule has 1 heterocycles. The number of ether oxygens (including phenoxy) is 2. The third-order valence-electron chi connectivity index (χ3n) is 4.94. The van der Waals surface area contributed by atoms with Gasteiger partial charge in [0.25, 0.3) is 10.0 Å². The molecule has 1 aromatic heterocycles. The Balaban J connectivity index is 2.06. The number of nitrogens with zero attached hydrogens (tertiary/aromatic N) is 2. The van der Waals surface area contributed by atoms with Crippen LogP contribution in [0.4, 0.5) is 19.9 Å². The van der Waals surface area contributed by atoms with Gasteiger partial charge in [0.2, 0.25) is 5.91 Å². The molecule has 0 fully saturated rings. The fourth-order valence-electron chi connectivity index (χ4n) is 3.26. The highest BCUT2D eigenvalue weighted by Gasteiger charge is 2.33. The SMILES string of the molecule is CC(C)PN(c1scnc1C(=O)OC(C)(C)C)S(=O)(=O)c1ccc(NC(=O)CNC(=S)NCCNC(=O)OC(C)(C)C)c(F)c1. The number of nitrogens with one attached hydrogen (secondary N) is 4. The van der Waals surface area contributed by atoms with Crippen LogP contribution in [0.1, 0.15) is 65.9 Å². The Morgan fingerprint density at radius 1 is 1.04 bits per heavy atom. The minimum absolute atomic E-state index is 0.0605. The second kappa shape index (κ2) is 15.9. The number of hydrogen-bond acceptors (Lipinski definition) is 10. The normalized spacial score (nSPS) is 12.1. The van der Waals surface area contributed by atoms with Gasteiger partial charge in [-0.3, -0.25) is 4.79 Å². The Kier molecular flexibility index (Phi) is 13.5. The molecule has 0 aliphatic heterocycles. The standard InChI is InChI=1S/C27H40FN6O7PS3/c1-16(2)42-34(22-21(32-15-44-22)23(36)40-26(3,4)5)45(38,39)17-9-10-19(18(28)13-17)33-20(35)14-31-24(43)29-11-12-30-25(37)41-27(6,7)8/h9-10,13,15-16,42H,11-12,14H2,1-8H3,(H,30,37)(H,33,35)(H2,29,31,43). The minimum atomic E-state index is -4.35. The Morgan fingerprint density at radius 2 is 1.67 bits per heavy atom. The number of esters is 1. The molecule has 1 aromatic carbocycles.